The molecule has 4 rings (SSSR count). The van der Waals surface area contributed by atoms with E-state index in [0.29, 0.717) is 0 Å². The molecular formula is C15H11N5. The van der Waals surface area contributed by atoms with E-state index in [1.165, 1.54) is 0 Å². The van der Waals surface area contributed by atoms with Crippen LogP contribution in [0, 0.1) is 0 Å². The Labute approximate surface area is 114 Å². The van der Waals surface area contributed by atoms with Crippen molar-refractivity contribution in [2.24, 2.45) is 0 Å². The van der Waals surface area contributed by atoms with Gasteiger partial charge in [-0.05, 0) is 29.8 Å². The predicted molar refractivity (Wildman–Crippen MR) is 78.1 cm³/mol. The normalized spacial score (nSPS) is 11.2. The smallest absolute Gasteiger partial charge is 0.238 e. The number of nitrogens with two attached hydrogens (primary N) is 1. The van der Waals surface area contributed by atoms with Gasteiger partial charge in [0, 0.05) is 23.3 Å². The monoisotopic (exact) mass is 261 g/mol. The van der Waals surface area contributed by atoms with Crippen molar-refractivity contribution in [3.63, 3.8) is 0 Å². The number of nitrogens with zero attached hydrogens (tertiary/aromatic N) is 4. The zero-order valence-corrected chi connectivity index (χ0v) is 10.6. The van der Waals surface area contributed by atoms with Crippen LogP contribution >= 0.6 is 0 Å². The number of fused-ring (bicyclic) bond motifs is 2. The molecule has 0 aliphatic carbocycles. The van der Waals surface area contributed by atoms with Crippen molar-refractivity contribution in [3.05, 3.63) is 55.0 Å². The number of nitrogen functional groups attached to an aromatic ring is 1. The molecule has 5 heteroatoms. The lowest BCUT2D eigenvalue weighted by molar-refractivity contribution is 0.918. The van der Waals surface area contributed by atoms with Crippen LogP contribution in [0.2, 0.25) is 0 Å². The minimum atomic E-state index is 0.266. The van der Waals surface area contributed by atoms with E-state index in [4.69, 9.17) is 5.73 Å². The molecule has 0 aliphatic rings. The number of benzene rings is 1. The Morgan fingerprint density at radius 2 is 2.00 bits per heavy atom. The van der Waals surface area contributed by atoms with Gasteiger partial charge in [-0.3, -0.25) is 4.98 Å². The van der Waals surface area contributed by atoms with Crippen molar-refractivity contribution in [3.8, 4) is 11.1 Å². The molecule has 0 radical (unpaired) electrons. The molecule has 3 heterocycles. The second-order valence-corrected chi connectivity index (χ2v) is 4.59. The van der Waals surface area contributed by atoms with Gasteiger partial charge in [-0.25, -0.2) is 9.50 Å². The highest BCUT2D eigenvalue weighted by atomic mass is 15.3. The Bertz CT molecular complexity index is 926. The SMILES string of the molecule is Nc1ncc2c(-c3ccc4ncccc4c3)ccn2n1. The lowest BCUT2D eigenvalue weighted by atomic mass is 10.0. The summed E-state index contributed by atoms with van der Waals surface area (Å²) in [6.07, 6.45) is 5.42. The molecule has 96 valence electrons. The Kier molecular flexibility index (Phi) is 2.20. The molecule has 0 aliphatic heterocycles. The van der Waals surface area contributed by atoms with E-state index in [1.807, 2.05) is 24.4 Å². The fourth-order valence-corrected chi connectivity index (χ4v) is 2.40. The van der Waals surface area contributed by atoms with Crippen LogP contribution in [0.3, 0.4) is 0 Å². The van der Waals surface area contributed by atoms with Crippen LogP contribution < -0.4 is 5.73 Å². The number of hydrogen-bond acceptors (Lipinski definition) is 4. The summed E-state index contributed by atoms with van der Waals surface area (Å²) in [6.45, 7) is 0. The van der Waals surface area contributed by atoms with Crippen LogP contribution in [0.15, 0.2) is 55.0 Å². The Morgan fingerprint density at radius 3 is 2.95 bits per heavy atom. The highest BCUT2D eigenvalue weighted by Crippen LogP contribution is 2.27. The lowest BCUT2D eigenvalue weighted by Gasteiger charge is -2.03. The van der Waals surface area contributed by atoms with Gasteiger partial charge in [-0.1, -0.05) is 12.1 Å². The molecule has 5 nitrogen and oxygen atoms in total. The molecule has 0 saturated carbocycles. The molecule has 20 heavy (non-hydrogen) atoms. The van der Waals surface area contributed by atoms with Crippen LogP contribution in [-0.2, 0) is 0 Å². The molecule has 0 saturated heterocycles. The summed E-state index contributed by atoms with van der Waals surface area (Å²) in [5.41, 5.74) is 9.71. The highest BCUT2D eigenvalue weighted by molar-refractivity contribution is 5.88. The van der Waals surface area contributed by atoms with Crippen LogP contribution in [-0.4, -0.2) is 19.6 Å². The number of aromatic nitrogens is 4. The van der Waals surface area contributed by atoms with Crippen molar-refractivity contribution in [2.75, 3.05) is 5.73 Å². The maximum atomic E-state index is 5.59. The van der Waals surface area contributed by atoms with Gasteiger partial charge in [0.15, 0.2) is 0 Å². The van der Waals surface area contributed by atoms with E-state index in [1.54, 1.807) is 16.9 Å². The van der Waals surface area contributed by atoms with E-state index >= 15 is 0 Å². The van der Waals surface area contributed by atoms with Crippen LogP contribution in [0.1, 0.15) is 0 Å². The van der Waals surface area contributed by atoms with Crippen molar-refractivity contribution in [1.29, 1.82) is 0 Å². The molecule has 1 aromatic carbocycles. The van der Waals surface area contributed by atoms with Gasteiger partial charge in [0.1, 0.15) is 0 Å². The first-order valence-electron chi connectivity index (χ1n) is 6.26. The molecule has 0 bridgehead atoms. The molecule has 2 N–H and O–H groups in total. The highest BCUT2D eigenvalue weighted by Gasteiger charge is 2.07. The molecule has 0 fully saturated rings. The fourth-order valence-electron chi connectivity index (χ4n) is 2.40. The molecule has 0 spiro atoms. The van der Waals surface area contributed by atoms with E-state index in [2.05, 4.69) is 33.3 Å². The Morgan fingerprint density at radius 1 is 1.05 bits per heavy atom. The second-order valence-electron chi connectivity index (χ2n) is 4.59. The molecule has 0 unspecified atom stereocenters. The zero-order chi connectivity index (χ0) is 13.5. The second kappa shape index (κ2) is 4.03. The summed E-state index contributed by atoms with van der Waals surface area (Å²) >= 11 is 0. The number of anilines is 1. The van der Waals surface area contributed by atoms with Gasteiger partial charge in [0.05, 0.1) is 17.2 Å². The van der Waals surface area contributed by atoms with Gasteiger partial charge in [0.25, 0.3) is 0 Å². The van der Waals surface area contributed by atoms with Crippen molar-refractivity contribution < 1.29 is 0 Å². The summed E-state index contributed by atoms with van der Waals surface area (Å²) in [5.74, 6) is 0.266. The van der Waals surface area contributed by atoms with Crippen molar-refractivity contribution in [1.82, 2.24) is 19.6 Å². The van der Waals surface area contributed by atoms with Crippen LogP contribution in [0.4, 0.5) is 5.95 Å². The molecule has 0 atom stereocenters. The summed E-state index contributed by atoms with van der Waals surface area (Å²) in [7, 11) is 0. The average molecular weight is 261 g/mol. The van der Waals surface area contributed by atoms with Gasteiger partial charge >= 0.3 is 0 Å². The minimum Gasteiger partial charge on any atom is -0.367 e. The predicted octanol–water partition coefficient (Wildman–Crippen LogP) is 2.53. The molecular weight excluding hydrogens is 250 g/mol. The van der Waals surface area contributed by atoms with Gasteiger partial charge in [0.2, 0.25) is 5.95 Å². The van der Waals surface area contributed by atoms with Crippen molar-refractivity contribution >= 4 is 22.4 Å². The van der Waals surface area contributed by atoms with Gasteiger partial charge in [-0.15, -0.1) is 5.10 Å². The maximum Gasteiger partial charge on any atom is 0.238 e. The maximum absolute atomic E-state index is 5.59. The third-order valence-corrected chi connectivity index (χ3v) is 3.35. The Balaban J connectivity index is 1.96. The summed E-state index contributed by atoms with van der Waals surface area (Å²) in [6, 6.07) is 12.2. The van der Waals surface area contributed by atoms with Crippen molar-refractivity contribution in [2.45, 2.75) is 0 Å². The molecule has 0 amide bonds. The summed E-state index contributed by atoms with van der Waals surface area (Å²) in [5, 5.41) is 5.27. The first kappa shape index (κ1) is 10.9. The molecule has 3 aromatic heterocycles. The third kappa shape index (κ3) is 1.60. The largest absolute Gasteiger partial charge is 0.367 e. The molecule has 4 aromatic rings. The third-order valence-electron chi connectivity index (χ3n) is 3.35. The first-order valence-corrected chi connectivity index (χ1v) is 6.26. The quantitative estimate of drug-likeness (QED) is 0.571. The number of hydrogen-bond donors (Lipinski definition) is 1. The fraction of sp³-hybridized carbons (Fsp3) is 0. The Hall–Kier alpha value is -2.95. The number of rotatable bonds is 1. The zero-order valence-electron chi connectivity index (χ0n) is 10.6. The van der Waals surface area contributed by atoms with Gasteiger partial charge in [-0.2, -0.15) is 0 Å². The summed E-state index contributed by atoms with van der Waals surface area (Å²) < 4.78 is 1.74. The lowest BCUT2D eigenvalue weighted by Crippen LogP contribution is -1.99. The number of pyridine rings is 1. The van der Waals surface area contributed by atoms with E-state index in [9.17, 15) is 0 Å². The standard InChI is InChI=1S/C15H11N5/c16-15-18-9-14-12(5-7-20(14)19-15)10-3-4-13-11(8-10)2-1-6-17-13/h1-9H,(H2,16,19). The summed E-state index contributed by atoms with van der Waals surface area (Å²) in [4.78, 5) is 8.39. The topological polar surface area (TPSA) is 69.1 Å². The van der Waals surface area contributed by atoms with Gasteiger partial charge < -0.3 is 5.73 Å². The van der Waals surface area contributed by atoms with Crippen LogP contribution in [0.25, 0.3) is 27.5 Å². The van der Waals surface area contributed by atoms with E-state index in [0.717, 1.165) is 27.5 Å². The van der Waals surface area contributed by atoms with E-state index in [-0.39, 0.29) is 5.95 Å². The minimum absolute atomic E-state index is 0.266. The van der Waals surface area contributed by atoms with Crippen LogP contribution in [0.5, 0.6) is 0 Å². The first-order chi connectivity index (χ1) is 9.81. The van der Waals surface area contributed by atoms with E-state index < -0.39 is 0 Å². The average Bonchev–Trinajstić information content (AvgIpc) is 2.89.